The number of pyridine rings is 1. The van der Waals surface area contributed by atoms with E-state index in [1.54, 1.807) is 5.01 Å². The van der Waals surface area contributed by atoms with Crippen molar-refractivity contribution in [2.75, 3.05) is 62.4 Å². The smallest absolute Gasteiger partial charge is 0.275 e. The first-order valence-corrected chi connectivity index (χ1v) is 18.6. The third-order valence-corrected chi connectivity index (χ3v) is 10.9. The van der Waals surface area contributed by atoms with Crippen molar-refractivity contribution in [1.29, 1.82) is 0 Å². The van der Waals surface area contributed by atoms with E-state index in [1.165, 1.54) is 16.9 Å². The van der Waals surface area contributed by atoms with Gasteiger partial charge in [-0.15, -0.1) is 0 Å². The van der Waals surface area contributed by atoms with Gasteiger partial charge in [0.15, 0.2) is 0 Å². The number of rotatable bonds is 6. The number of fused-ring (bicyclic) bond motifs is 2. The van der Waals surface area contributed by atoms with Gasteiger partial charge in [0.25, 0.3) is 5.91 Å². The second kappa shape index (κ2) is 14.4. The summed E-state index contributed by atoms with van der Waals surface area (Å²) in [5, 5.41) is 7.92. The van der Waals surface area contributed by atoms with E-state index in [4.69, 9.17) is 19.6 Å². The van der Waals surface area contributed by atoms with Crippen molar-refractivity contribution >= 4 is 40.0 Å². The number of para-hydroxylation sites is 1. The lowest BCUT2D eigenvalue weighted by Gasteiger charge is -2.31. The van der Waals surface area contributed by atoms with Gasteiger partial charge in [0.2, 0.25) is 0 Å². The van der Waals surface area contributed by atoms with Gasteiger partial charge in [-0.25, -0.2) is 9.99 Å². The van der Waals surface area contributed by atoms with Crippen LogP contribution in [0.5, 0.6) is 0 Å². The first-order valence-electron chi connectivity index (χ1n) is 18.6. The molecule has 262 valence electrons. The first kappa shape index (κ1) is 32.6. The van der Waals surface area contributed by atoms with E-state index in [-0.39, 0.29) is 17.9 Å². The van der Waals surface area contributed by atoms with Crippen molar-refractivity contribution in [2.45, 2.75) is 25.3 Å². The van der Waals surface area contributed by atoms with Crippen LogP contribution in [0.2, 0.25) is 0 Å². The van der Waals surface area contributed by atoms with Gasteiger partial charge in [-0.3, -0.25) is 4.79 Å². The Morgan fingerprint density at radius 2 is 1.37 bits per heavy atom. The van der Waals surface area contributed by atoms with E-state index in [2.05, 4.69) is 64.4 Å². The zero-order valence-corrected chi connectivity index (χ0v) is 29.4. The third-order valence-electron chi connectivity index (χ3n) is 10.9. The fraction of sp³-hybridized carbons (Fsp3) is 0.295. The van der Waals surface area contributed by atoms with Crippen LogP contribution in [-0.4, -0.2) is 74.2 Å². The normalized spacial score (nSPS) is 21.3. The van der Waals surface area contributed by atoms with Gasteiger partial charge in [0, 0.05) is 54.4 Å². The van der Waals surface area contributed by atoms with E-state index < -0.39 is 0 Å². The molecule has 0 radical (unpaired) electrons. The zero-order chi connectivity index (χ0) is 34.9. The van der Waals surface area contributed by atoms with Gasteiger partial charge in [0.1, 0.15) is 0 Å². The van der Waals surface area contributed by atoms with Crippen LogP contribution in [0, 0.1) is 5.92 Å². The summed E-state index contributed by atoms with van der Waals surface area (Å²) >= 11 is 0. The predicted molar refractivity (Wildman–Crippen MR) is 208 cm³/mol. The summed E-state index contributed by atoms with van der Waals surface area (Å²) in [5.74, 6) is -0.0124. The lowest BCUT2D eigenvalue weighted by molar-refractivity contribution is 0.0683. The van der Waals surface area contributed by atoms with E-state index in [0.29, 0.717) is 5.56 Å². The molecule has 1 aliphatic carbocycles. The molecule has 2 atom stereocenters. The molecular weight excluding hydrogens is 647 g/mol. The molecule has 9 rings (SSSR count). The maximum atomic E-state index is 15.1. The maximum Gasteiger partial charge on any atom is 0.275 e. The molecule has 0 N–H and O–H groups in total. The number of ether oxygens (including phenoxy) is 2. The van der Waals surface area contributed by atoms with Crippen LogP contribution >= 0.6 is 0 Å². The molecule has 5 aromatic rings. The molecule has 4 aliphatic rings. The number of carbonyl (C=O) groups is 1. The summed E-state index contributed by atoms with van der Waals surface area (Å²) in [4.78, 5) is 24.8. The number of aromatic nitrogens is 1. The van der Waals surface area contributed by atoms with Crippen molar-refractivity contribution in [3.63, 3.8) is 0 Å². The number of amides is 1. The molecule has 0 bridgehead atoms. The highest BCUT2D eigenvalue weighted by Gasteiger charge is 2.44. The molecule has 4 heterocycles. The molecule has 1 aromatic heterocycles. The SMILES string of the molecule is O=C(c1cc(-c2ccccc2)nc2ccccc12)N1N=C2C(=Cc3ccc(N4CCOCC4)cc3)CCCC2C1c1ccc(N2CCOCC2)cc1. The molecule has 2 unspecified atom stereocenters. The molecule has 2 saturated heterocycles. The maximum absolute atomic E-state index is 15.1. The fourth-order valence-corrected chi connectivity index (χ4v) is 8.24. The van der Waals surface area contributed by atoms with Gasteiger partial charge >= 0.3 is 0 Å². The van der Waals surface area contributed by atoms with Crippen LogP contribution in [-0.2, 0) is 9.47 Å². The summed E-state index contributed by atoms with van der Waals surface area (Å²) in [7, 11) is 0. The summed E-state index contributed by atoms with van der Waals surface area (Å²) in [6.45, 7) is 6.59. The average Bonchev–Trinajstić information content (AvgIpc) is 3.62. The summed E-state index contributed by atoms with van der Waals surface area (Å²) in [6, 6.07) is 37.4. The molecule has 1 amide bonds. The van der Waals surface area contributed by atoms with Crippen LogP contribution in [0.1, 0.15) is 46.8 Å². The van der Waals surface area contributed by atoms with Crippen LogP contribution in [0.25, 0.3) is 28.2 Å². The number of allylic oxidation sites excluding steroid dienone is 1. The molecule has 3 aliphatic heterocycles. The van der Waals surface area contributed by atoms with E-state index in [1.807, 2.05) is 60.7 Å². The number of benzene rings is 4. The summed E-state index contributed by atoms with van der Waals surface area (Å²) < 4.78 is 11.2. The topological polar surface area (TPSA) is 70.5 Å². The van der Waals surface area contributed by atoms with Gasteiger partial charge in [-0.2, -0.15) is 5.10 Å². The zero-order valence-electron chi connectivity index (χ0n) is 29.4. The molecule has 4 aromatic carbocycles. The Kier molecular flexibility index (Phi) is 9.00. The summed E-state index contributed by atoms with van der Waals surface area (Å²) in [6.07, 6.45) is 5.23. The van der Waals surface area contributed by atoms with E-state index in [9.17, 15) is 0 Å². The first-order chi connectivity index (χ1) is 25.7. The van der Waals surface area contributed by atoms with Crippen LogP contribution in [0.3, 0.4) is 0 Å². The summed E-state index contributed by atoms with van der Waals surface area (Å²) in [5.41, 5.74) is 10.1. The fourth-order valence-electron chi connectivity index (χ4n) is 8.24. The number of hydrogen-bond donors (Lipinski definition) is 0. The van der Waals surface area contributed by atoms with E-state index in [0.717, 1.165) is 111 Å². The van der Waals surface area contributed by atoms with Crippen molar-refractivity contribution in [1.82, 2.24) is 9.99 Å². The van der Waals surface area contributed by atoms with Crippen LogP contribution in [0.4, 0.5) is 11.4 Å². The Bertz CT molecular complexity index is 2120. The Balaban J connectivity index is 1.11. The Morgan fingerprint density at radius 3 is 2.06 bits per heavy atom. The van der Waals surface area contributed by atoms with Crippen LogP contribution in [0.15, 0.2) is 120 Å². The highest BCUT2D eigenvalue weighted by atomic mass is 16.5. The number of hydrazone groups is 1. The van der Waals surface area contributed by atoms with Crippen LogP contribution < -0.4 is 9.80 Å². The highest BCUT2D eigenvalue weighted by molar-refractivity contribution is 6.12. The minimum atomic E-state index is -0.222. The van der Waals surface area contributed by atoms with Gasteiger partial charge in [-0.05, 0) is 78.4 Å². The lowest BCUT2D eigenvalue weighted by atomic mass is 9.77. The third kappa shape index (κ3) is 6.37. The van der Waals surface area contributed by atoms with Gasteiger partial charge in [-0.1, -0.05) is 72.8 Å². The van der Waals surface area contributed by atoms with Crippen molar-refractivity contribution in [3.05, 3.63) is 131 Å². The van der Waals surface area contributed by atoms with Gasteiger partial charge in [0.05, 0.1) is 55.0 Å². The predicted octanol–water partition coefficient (Wildman–Crippen LogP) is 8.01. The number of hydrogen-bond acceptors (Lipinski definition) is 7. The second-order valence-corrected chi connectivity index (χ2v) is 14.1. The van der Waals surface area contributed by atoms with Crippen molar-refractivity contribution in [3.8, 4) is 11.3 Å². The van der Waals surface area contributed by atoms with E-state index >= 15 is 4.79 Å². The Hall–Kier alpha value is -5.31. The second-order valence-electron chi connectivity index (χ2n) is 14.1. The Labute approximate surface area is 305 Å². The molecule has 8 heteroatoms. The van der Waals surface area contributed by atoms with Crippen molar-refractivity contribution < 1.29 is 14.3 Å². The quantitative estimate of drug-likeness (QED) is 0.180. The number of nitrogens with zero attached hydrogens (tertiary/aromatic N) is 5. The standard InChI is InChI=1S/C44H43N5O3/c50-44(39-30-41(32-7-2-1-3-8-32)45-40-12-5-4-10-37(39)40)49-43(33-15-19-36(20-16-33)48-23-27-52-28-24-48)38-11-6-9-34(42(38)46-49)29-31-13-17-35(18-14-31)47-21-25-51-26-22-47/h1-5,7-8,10,12-20,29-30,38,43H,6,9,11,21-28H2. The molecule has 0 spiro atoms. The molecular formula is C44H43N5O3. The Morgan fingerprint density at radius 1 is 0.731 bits per heavy atom. The minimum absolute atomic E-state index is 0.0903. The number of carbonyl (C=O) groups excluding carboxylic acids is 1. The van der Waals surface area contributed by atoms with Gasteiger partial charge < -0.3 is 19.3 Å². The monoisotopic (exact) mass is 689 g/mol. The number of anilines is 2. The number of morpholine rings is 2. The molecule has 1 saturated carbocycles. The average molecular weight is 690 g/mol. The van der Waals surface area contributed by atoms with Crippen molar-refractivity contribution in [2.24, 2.45) is 11.0 Å². The molecule has 3 fully saturated rings. The molecule has 8 nitrogen and oxygen atoms in total. The highest BCUT2D eigenvalue weighted by Crippen LogP contribution is 2.46. The largest absolute Gasteiger partial charge is 0.378 e. The molecule has 52 heavy (non-hydrogen) atoms. The lowest BCUT2D eigenvalue weighted by Crippen LogP contribution is -2.36. The minimum Gasteiger partial charge on any atom is -0.378 e.